The Kier molecular flexibility index (Phi) is 6.09. The lowest BCUT2D eigenvalue weighted by molar-refractivity contribution is 0.352. The van der Waals surface area contributed by atoms with Gasteiger partial charge in [0.05, 0.1) is 0 Å². The maximum absolute atomic E-state index is 5.63. The molecule has 2 nitrogen and oxygen atoms in total. The van der Waals surface area contributed by atoms with Crippen molar-refractivity contribution in [2.45, 2.75) is 33.4 Å². The molecule has 0 heterocycles. The van der Waals surface area contributed by atoms with Gasteiger partial charge in [0, 0.05) is 18.1 Å². The van der Waals surface area contributed by atoms with Gasteiger partial charge in [-0.25, -0.2) is 0 Å². The Morgan fingerprint density at radius 1 is 1.47 bits per heavy atom. The van der Waals surface area contributed by atoms with Gasteiger partial charge in [-0.2, -0.15) is 0 Å². The molecule has 1 N–H and O–H groups in total. The molecule has 1 rings (SSSR count). The molecule has 1 aromatic rings. The second-order valence-corrected chi connectivity index (χ2v) is 4.65. The van der Waals surface area contributed by atoms with Crippen LogP contribution in [0, 0.1) is 0 Å². The first kappa shape index (κ1) is 14.1. The molecule has 0 aliphatic carbocycles. The molecule has 0 unspecified atom stereocenters. The van der Waals surface area contributed by atoms with Crippen molar-refractivity contribution in [1.29, 1.82) is 0 Å². The summed E-state index contributed by atoms with van der Waals surface area (Å²) in [6.45, 7) is 7.60. The summed E-state index contributed by atoms with van der Waals surface area (Å²) in [5.41, 5.74) is 3.78. The largest absolute Gasteiger partial charge is 0.489 e. The highest BCUT2D eigenvalue weighted by Crippen LogP contribution is 2.14. The summed E-state index contributed by atoms with van der Waals surface area (Å²) in [5.74, 6) is 0.880. The number of halogens is 1. The second-order valence-electron chi connectivity index (χ2n) is 4.43. The molecule has 0 atom stereocenters. The topological polar surface area (TPSA) is 21.3 Å². The summed E-state index contributed by atoms with van der Waals surface area (Å²) in [7, 11) is 0. The van der Waals surface area contributed by atoms with Crippen LogP contribution in [0.4, 0.5) is 0 Å². The first-order valence-corrected chi connectivity index (χ1v) is 6.26. The lowest BCUT2D eigenvalue weighted by Crippen LogP contribution is -2.21. The maximum Gasteiger partial charge on any atom is 0.120 e. The number of hydrogen-bond acceptors (Lipinski definition) is 2. The third kappa shape index (κ3) is 5.76. The number of benzene rings is 1. The molecule has 0 radical (unpaired) electrons. The average molecular weight is 254 g/mol. The SMILES string of the molecule is C/C(=C\Cl)COc1cccc(CNC(C)C)c1. The molecular weight excluding hydrogens is 234 g/mol. The summed E-state index contributed by atoms with van der Waals surface area (Å²) in [6, 6.07) is 8.59. The third-order valence-corrected chi connectivity index (χ3v) is 2.64. The summed E-state index contributed by atoms with van der Waals surface area (Å²) in [4.78, 5) is 0. The van der Waals surface area contributed by atoms with Gasteiger partial charge in [-0.15, -0.1) is 0 Å². The first-order valence-electron chi connectivity index (χ1n) is 5.83. The standard InChI is InChI=1S/C14H20ClNO/c1-11(2)16-9-13-5-4-6-14(7-13)17-10-12(3)8-15/h4-8,11,16H,9-10H2,1-3H3/b12-8+. The molecule has 0 bridgehead atoms. The fourth-order valence-electron chi connectivity index (χ4n) is 1.30. The second kappa shape index (κ2) is 7.36. The third-order valence-electron chi connectivity index (χ3n) is 2.27. The fourth-order valence-corrected chi connectivity index (χ4v) is 1.36. The zero-order chi connectivity index (χ0) is 12.7. The van der Waals surface area contributed by atoms with Crippen LogP contribution in [0.3, 0.4) is 0 Å². The minimum absolute atomic E-state index is 0.487. The van der Waals surface area contributed by atoms with E-state index >= 15 is 0 Å². The minimum atomic E-state index is 0.487. The summed E-state index contributed by atoms with van der Waals surface area (Å²) >= 11 is 5.58. The molecule has 0 aliphatic heterocycles. The Hall–Kier alpha value is -0.990. The van der Waals surface area contributed by atoms with Crippen LogP contribution in [-0.4, -0.2) is 12.6 Å². The zero-order valence-electron chi connectivity index (χ0n) is 10.7. The molecular formula is C14H20ClNO. The normalized spacial score (nSPS) is 11.9. The van der Waals surface area contributed by atoms with E-state index in [0.717, 1.165) is 17.9 Å². The molecule has 0 saturated carbocycles. The van der Waals surface area contributed by atoms with Gasteiger partial charge in [0.1, 0.15) is 12.4 Å². The number of rotatable bonds is 6. The van der Waals surface area contributed by atoms with Gasteiger partial charge in [-0.1, -0.05) is 37.6 Å². The molecule has 0 fully saturated rings. The van der Waals surface area contributed by atoms with Gasteiger partial charge in [0.15, 0.2) is 0 Å². The van der Waals surface area contributed by atoms with Crippen LogP contribution in [0.15, 0.2) is 35.4 Å². The van der Waals surface area contributed by atoms with Crippen LogP contribution >= 0.6 is 11.6 Å². The number of ether oxygens (including phenoxy) is 1. The molecule has 1 aromatic carbocycles. The highest BCUT2D eigenvalue weighted by molar-refractivity contribution is 6.25. The van der Waals surface area contributed by atoms with E-state index < -0.39 is 0 Å². The highest BCUT2D eigenvalue weighted by atomic mass is 35.5. The summed E-state index contributed by atoms with van der Waals surface area (Å²) in [6.07, 6.45) is 0. The molecule has 0 amide bonds. The van der Waals surface area contributed by atoms with E-state index in [1.54, 1.807) is 5.54 Å². The van der Waals surface area contributed by atoms with E-state index in [0.29, 0.717) is 12.6 Å². The van der Waals surface area contributed by atoms with E-state index in [2.05, 4.69) is 31.3 Å². The monoisotopic (exact) mass is 253 g/mol. The van der Waals surface area contributed by atoms with Gasteiger partial charge in [0.25, 0.3) is 0 Å². The minimum Gasteiger partial charge on any atom is -0.489 e. The maximum atomic E-state index is 5.63. The van der Waals surface area contributed by atoms with Gasteiger partial charge < -0.3 is 10.1 Å². The Morgan fingerprint density at radius 3 is 2.88 bits per heavy atom. The Morgan fingerprint density at radius 2 is 2.24 bits per heavy atom. The van der Waals surface area contributed by atoms with Crippen LogP contribution in [-0.2, 0) is 6.54 Å². The molecule has 3 heteroatoms. The van der Waals surface area contributed by atoms with Crippen molar-refractivity contribution in [2.75, 3.05) is 6.61 Å². The predicted molar refractivity (Wildman–Crippen MR) is 73.5 cm³/mol. The van der Waals surface area contributed by atoms with Crippen molar-refractivity contribution < 1.29 is 4.74 Å². The summed E-state index contributed by atoms with van der Waals surface area (Å²) in [5, 5.41) is 3.38. The molecule has 94 valence electrons. The zero-order valence-corrected chi connectivity index (χ0v) is 11.4. The Bertz CT molecular complexity index is 374. The van der Waals surface area contributed by atoms with Gasteiger partial charge in [-0.05, 0) is 30.2 Å². The first-order chi connectivity index (χ1) is 8.11. The summed E-state index contributed by atoms with van der Waals surface area (Å²) < 4.78 is 5.63. The lowest BCUT2D eigenvalue weighted by atomic mass is 10.2. The molecule has 17 heavy (non-hydrogen) atoms. The van der Waals surface area contributed by atoms with Crippen molar-refractivity contribution >= 4 is 11.6 Å². The molecule has 0 spiro atoms. The van der Waals surface area contributed by atoms with Crippen molar-refractivity contribution in [2.24, 2.45) is 0 Å². The smallest absolute Gasteiger partial charge is 0.120 e. The Balaban J connectivity index is 2.53. The van der Waals surface area contributed by atoms with Crippen molar-refractivity contribution in [3.63, 3.8) is 0 Å². The average Bonchev–Trinajstić information content (AvgIpc) is 2.34. The fraction of sp³-hybridized carbons (Fsp3) is 0.429. The van der Waals surface area contributed by atoms with Gasteiger partial charge >= 0.3 is 0 Å². The quantitative estimate of drug-likeness (QED) is 0.835. The van der Waals surface area contributed by atoms with Crippen molar-refractivity contribution in [3.05, 3.63) is 40.9 Å². The van der Waals surface area contributed by atoms with E-state index in [4.69, 9.17) is 16.3 Å². The highest BCUT2D eigenvalue weighted by Gasteiger charge is 1.99. The molecule has 0 aromatic heterocycles. The van der Waals surface area contributed by atoms with E-state index in [9.17, 15) is 0 Å². The van der Waals surface area contributed by atoms with Gasteiger partial charge in [-0.3, -0.25) is 0 Å². The van der Waals surface area contributed by atoms with Crippen molar-refractivity contribution in [3.8, 4) is 5.75 Å². The van der Waals surface area contributed by atoms with Crippen LogP contribution in [0.25, 0.3) is 0 Å². The van der Waals surface area contributed by atoms with E-state index in [-0.39, 0.29) is 0 Å². The Labute approximate surface area is 109 Å². The van der Waals surface area contributed by atoms with E-state index in [1.807, 2.05) is 19.1 Å². The van der Waals surface area contributed by atoms with Crippen LogP contribution < -0.4 is 10.1 Å². The molecule has 0 aliphatic rings. The number of nitrogens with one attached hydrogen (secondary N) is 1. The van der Waals surface area contributed by atoms with E-state index in [1.165, 1.54) is 5.56 Å². The lowest BCUT2D eigenvalue weighted by Gasteiger charge is -2.10. The van der Waals surface area contributed by atoms with Crippen molar-refractivity contribution in [1.82, 2.24) is 5.32 Å². The molecule has 0 saturated heterocycles. The van der Waals surface area contributed by atoms with Crippen LogP contribution in [0.5, 0.6) is 5.75 Å². The predicted octanol–water partition coefficient (Wildman–Crippen LogP) is 3.71. The van der Waals surface area contributed by atoms with Crippen LogP contribution in [0.1, 0.15) is 26.3 Å². The number of hydrogen-bond donors (Lipinski definition) is 1. The van der Waals surface area contributed by atoms with Gasteiger partial charge in [0.2, 0.25) is 0 Å². The van der Waals surface area contributed by atoms with Crippen LogP contribution in [0.2, 0.25) is 0 Å².